The molecular formula is C13H23N3O2. The molecule has 5 nitrogen and oxygen atoms in total. The van der Waals surface area contributed by atoms with Gasteiger partial charge in [0.1, 0.15) is 0 Å². The number of aromatic nitrogens is 2. The highest BCUT2D eigenvalue weighted by Crippen LogP contribution is 2.14. The average molecular weight is 253 g/mol. The first-order valence-electron chi connectivity index (χ1n) is 6.29. The molecule has 0 aromatic carbocycles. The summed E-state index contributed by atoms with van der Waals surface area (Å²) < 4.78 is 10.3. The van der Waals surface area contributed by atoms with E-state index < -0.39 is 0 Å². The summed E-state index contributed by atoms with van der Waals surface area (Å²) in [5.41, 5.74) is 2.04. The van der Waals surface area contributed by atoms with Crippen LogP contribution in [0.4, 0.5) is 5.95 Å². The minimum absolute atomic E-state index is 0.408. The number of nitrogens with one attached hydrogen (secondary N) is 1. The summed E-state index contributed by atoms with van der Waals surface area (Å²) in [4.78, 5) is 8.81. The van der Waals surface area contributed by atoms with Gasteiger partial charge in [0.25, 0.3) is 0 Å². The highest BCUT2D eigenvalue weighted by atomic mass is 16.5. The van der Waals surface area contributed by atoms with Gasteiger partial charge in [0.05, 0.1) is 19.8 Å². The summed E-state index contributed by atoms with van der Waals surface area (Å²) in [6.45, 7) is 8.79. The van der Waals surface area contributed by atoms with Crippen LogP contribution in [0.25, 0.3) is 0 Å². The summed E-state index contributed by atoms with van der Waals surface area (Å²) >= 11 is 0. The second-order valence-electron chi connectivity index (χ2n) is 4.44. The lowest BCUT2D eigenvalue weighted by atomic mass is 10.1. The van der Waals surface area contributed by atoms with E-state index in [4.69, 9.17) is 9.47 Å². The molecule has 0 saturated heterocycles. The van der Waals surface area contributed by atoms with Gasteiger partial charge in [-0.1, -0.05) is 13.8 Å². The molecule has 1 rings (SSSR count). The van der Waals surface area contributed by atoms with Gasteiger partial charge in [-0.05, 0) is 18.9 Å². The van der Waals surface area contributed by atoms with Crippen molar-refractivity contribution in [3.05, 3.63) is 17.5 Å². The maximum absolute atomic E-state index is 5.36. The number of hydrogen-bond donors (Lipinski definition) is 1. The van der Waals surface area contributed by atoms with Crippen molar-refractivity contribution in [2.75, 3.05) is 38.8 Å². The van der Waals surface area contributed by atoms with Gasteiger partial charge in [0.2, 0.25) is 5.95 Å². The number of methoxy groups -OCH3 is 1. The number of ether oxygens (including phenoxy) is 2. The van der Waals surface area contributed by atoms with Crippen LogP contribution >= 0.6 is 0 Å². The van der Waals surface area contributed by atoms with Crippen LogP contribution < -0.4 is 5.32 Å². The Bertz CT molecular complexity index is 356. The standard InChI is InChI=1S/C13H23N3O2/c1-10(2)12-9-11(3)15-13(16-12)14-5-6-18-8-7-17-4/h9-10H,5-8H2,1-4H3,(H,14,15,16). The predicted molar refractivity (Wildman–Crippen MR) is 72.0 cm³/mol. The SMILES string of the molecule is COCCOCCNc1nc(C)cc(C(C)C)n1. The van der Waals surface area contributed by atoms with E-state index in [-0.39, 0.29) is 0 Å². The lowest BCUT2D eigenvalue weighted by Crippen LogP contribution is -2.14. The van der Waals surface area contributed by atoms with Gasteiger partial charge in [-0.2, -0.15) is 0 Å². The monoisotopic (exact) mass is 253 g/mol. The summed E-state index contributed by atoms with van der Waals surface area (Å²) in [6, 6.07) is 2.02. The van der Waals surface area contributed by atoms with Gasteiger partial charge in [0, 0.05) is 25.0 Å². The van der Waals surface area contributed by atoms with E-state index >= 15 is 0 Å². The molecule has 0 amide bonds. The molecule has 18 heavy (non-hydrogen) atoms. The predicted octanol–water partition coefficient (Wildman–Crippen LogP) is 1.98. The summed E-state index contributed by atoms with van der Waals surface area (Å²) in [6.07, 6.45) is 0. The molecule has 1 N–H and O–H groups in total. The third-order valence-electron chi connectivity index (χ3n) is 2.43. The summed E-state index contributed by atoms with van der Waals surface area (Å²) in [5, 5.41) is 3.17. The first kappa shape index (κ1) is 14.9. The molecule has 0 fully saturated rings. The maximum Gasteiger partial charge on any atom is 0.223 e. The third kappa shape index (κ3) is 5.42. The van der Waals surface area contributed by atoms with Crippen LogP contribution in [-0.2, 0) is 9.47 Å². The van der Waals surface area contributed by atoms with Crippen molar-refractivity contribution in [1.29, 1.82) is 0 Å². The van der Waals surface area contributed by atoms with E-state index in [0.717, 1.165) is 11.4 Å². The van der Waals surface area contributed by atoms with Crippen LogP contribution in [-0.4, -0.2) is 43.4 Å². The smallest absolute Gasteiger partial charge is 0.223 e. The molecule has 1 aromatic rings. The van der Waals surface area contributed by atoms with E-state index in [1.54, 1.807) is 7.11 Å². The van der Waals surface area contributed by atoms with Gasteiger partial charge < -0.3 is 14.8 Å². The lowest BCUT2D eigenvalue weighted by Gasteiger charge is -2.10. The minimum atomic E-state index is 0.408. The van der Waals surface area contributed by atoms with Gasteiger partial charge in [-0.25, -0.2) is 9.97 Å². The minimum Gasteiger partial charge on any atom is -0.382 e. The normalized spacial score (nSPS) is 10.9. The Hall–Kier alpha value is -1.20. The highest BCUT2D eigenvalue weighted by molar-refractivity contribution is 5.28. The van der Waals surface area contributed by atoms with Crippen molar-refractivity contribution in [3.63, 3.8) is 0 Å². The van der Waals surface area contributed by atoms with Crippen LogP contribution in [0.1, 0.15) is 31.2 Å². The fraction of sp³-hybridized carbons (Fsp3) is 0.692. The molecular weight excluding hydrogens is 230 g/mol. The molecule has 0 unspecified atom stereocenters. The average Bonchev–Trinajstić information content (AvgIpc) is 2.33. The molecule has 1 heterocycles. The third-order valence-corrected chi connectivity index (χ3v) is 2.43. The Morgan fingerprint density at radius 3 is 2.67 bits per heavy atom. The molecule has 0 aliphatic heterocycles. The Morgan fingerprint density at radius 2 is 2.00 bits per heavy atom. The van der Waals surface area contributed by atoms with Gasteiger partial charge in [-0.3, -0.25) is 0 Å². The fourth-order valence-corrected chi connectivity index (χ4v) is 1.45. The van der Waals surface area contributed by atoms with Gasteiger partial charge >= 0.3 is 0 Å². The van der Waals surface area contributed by atoms with Crippen molar-refractivity contribution in [1.82, 2.24) is 9.97 Å². The number of nitrogens with zero attached hydrogens (tertiary/aromatic N) is 2. The first-order valence-corrected chi connectivity index (χ1v) is 6.29. The molecule has 5 heteroatoms. The molecule has 0 aliphatic carbocycles. The molecule has 0 saturated carbocycles. The number of hydrogen-bond acceptors (Lipinski definition) is 5. The summed E-state index contributed by atoms with van der Waals surface area (Å²) in [7, 11) is 1.66. The van der Waals surface area contributed by atoms with Crippen molar-refractivity contribution in [3.8, 4) is 0 Å². The topological polar surface area (TPSA) is 56.3 Å². The van der Waals surface area contributed by atoms with Crippen molar-refractivity contribution in [2.24, 2.45) is 0 Å². The zero-order valence-electron chi connectivity index (χ0n) is 11.7. The second kappa shape index (κ2) is 8.00. The van der Waals surface area contributed by atoms with E-state index in [9.17, 15) is 0 Å². The molecule has 0 radical (unpaired) electrons. The van der Waals surface area contributed by atoms with E-state index in [0.29, 0.717) is 38.2 Å². The van der Waals surface area contributed by atoms with Crippen molar-refractivity contribution in [2.45, 2.75) is 26.7 Å². The Labute approximate surface area is 109 Å². The molecule has 1 aromatic heterocycles. The highest BCUT2D eigenvalue weighted by Gasteiger charge is 2.05. The zero-order valence-corrected chi connectivity index (χ0v) is 11.7. The second-order valence-corrected chi connectivity index (χ2v) is 4.44. The fourth-order valence-electron chi connectivity index (χ4n) is 1.45. The maximum atomic E-state index is 5.36. The van der Waals surface area contributed by atoms with Crippen LogP contribution in [0.15, 0.2) is 6.07 Å². The quantitative estimate of drug-likeness (QED) is 0.718. The van der Waals surface area contributed by atoms with Crippen LogP contribution in [0.2, 0.25) is 0 Å². The zero-order chi connectivity index (χ0) is 13.4. The molecule has 0 bridgehead atoms. The molecule has 102 valence electrons. The van der Waals surface area contributed by atoms with E-state index in [2.05, 4.69) is 29.1 Å². The van der Waals surface area contributed by atoms with Crippen LogP contribution in [0.5, 0.6) is 0 Å². The van der Waals surface area contributed by atoms with E-state index in [1.165, 1.54) is 0 Å². The largest absolute Gasteiger partial charge is 0.382 e. The summed E-state index contributed by atoms with van der Waals surface area (Å²) in [5.74, 6) is 1.08. The lowest BCUT2D eigenvalue weighted by molar-refractivity contribution is 0.0759. The first-order chi connectivity index (χ1) is 8.63. The van der Waals surface area contributed by atoms with Gasteiger partial charge in [-0.15, -0.1) is 0 Å². The van der Waals surface area contributed by atoms with Crippen LogP contribution in [0, 0.1) is 6.92 Å². The van der Waals surface area contributed by atoms with Gasteiger partial charge in [0.15, 0.2) is 0 Å². The Morgan fingerprint density at radius 1 is 1.22 bits per heavy atom. The van der Waals surface area contributed by atoms with Crippen LogP contribution in [0.3, 0.4) is 0 Å². The number of aryl methyl sites for hydroxylation is 1. The van der Waals surface area contributed by atoms with Crippen molar-refractivity contribution >= 4 is 5.95 Å². The Kier molecular flexibility index (Phi) is 6.60. The number of rotatable bonds is 8. The molecule has 0 atom stereocenters. The molecule has 0 aliphatic rings. The Balaban J connectivity index is 2.37. The van der Waals surface area contributed by atoms with E-state index in [1.807, 2.05) is 13.0 Å². The number of anilines is 1. The van der Waals surface area contributed by atoms with Crippen molar-refractivity contribution < 1.29 is 9.47 Å². The molecule has 0 spiro atoms.